The lowest BCUT2D eigenvalue weighted by Gasteiger charge is -2.13. The molecule has 4 rings (SSSR count). The molecule has 178 valence electrons. The van der Waals surface area contributed by atoms with Crippen LogP contribution in [0.25, 0.3) is 0 Å². The molecule has 0 bridgehead atoms. The fourth-order valence-corrected chi connectivity index (χ4v) is 3.79. The van der Waals surface area contributed by atoms with Crippen LogP contribution >= 0.6 is 0 Å². The number of carbonyl (C=O) groups excluding carboxylic acids is 1. The molecule has 0 aliphatic carbocycles. The molecule has 5 heteroatoms. The minimum absolute atomic E-state index is 0.210. The van der Waals surface area contributed by atoms with Crippen LogP contribution in [0, 0.1) is 13.8 Å². The molecule has 0 saturated heterocycles. The van der Waals surface area contributed by atoms with E-state index in [0.29, 0.717) is 30.2 Å². The number of ether oxygens (including phenoxy) is 3. The number of hydrogen-bond donors (Lipinski definition) is 1. The molecule has 0 aliphatic rings. The molecule has 0 aromatic heterocycles. The number of nitrogens with one attached hydrogen (secondary N) is 1. The molecular formula is C30H29NO4. The zero-order valence-electron chi connectivity index (χ0n) is 20.2. The van der Waals surface area contributed by atoms with Crippen LogP contribution in [-0.4, -0.2) is 13.0 Å². The monoisotopic (exact) mass is 467 g/mol. The molecular weight excluding hydrogens is 438 g/mol. The molecule has 1 amide bonds. The normalized spacial score (nSPS) is 10.5. The van der Waals surface area contributed by atoms with Gasteiger partial charge in [0, 0.05) is 16.8 Å². The van der Waals surface area contributed by atoms with E-state index in [2.05, 4.69) is 11.4 Å². The Morgan fingerprint density at radius 2 is 1.43 bits per heavy atom. The Balaban J connectivity index is 1.39. The summed E-state index contributed by atoms with van der Waals surface area (Å²) in [5.74, 6) is 1.99. The lowest BCUT2D eigenvalue weighted by Crippen LogP contribution is -2.13. The van der Waals surface area contributed by atoms with Gasteiger partial charge in [-0.2, -0.15) is 0 Å². The molecule has 0 atom stereocenters. The predicted molar refractivity (Wildman–Crippen MR) is 138 cm³/mol. The first-order valence-electron chi connectivity index (χ1n) is 11.5. The lowest BCUT2D eigenvalue weighted by molar-refractivity contribution is 0.102. The van der Waals surface area contributed by atoms with Crippen molar-refractivity contribution in [2.24, 2.45) is 0 Å². The van der Waals surface area contributed by atoms with Crippen molar-refractivity contribution in [3.8, 4) is 17.2 Å². The fraction of sp³-hybridized carbons (Fsp3) is 0.167. The molecule has 4 aromatic carbocycles. The van der Waals surface area contributed by atoms with E-state index in [1.54, 1.807) is 25.3 Å². The van der Waals surface area contributed by atoms with E-state index in [4.69, 9.17) is 14.2 Å². The first kappa shape index (κ1) is 23.9. The second kappa shape index (κ2) is 11.3. The maximum Gasteiger partial charge on any atom is 0.255 e. The van der Waals surface area contributed by atoms with Gasteiger partial charge in [-0.15, -0.1) is 0 Å². The number of carbonyl (C=O) groups is 1. The summed E-state index contributed by atoms with van der Waals surface area (Å²) in [6.07, 6.45) is 0. The number of amides is 1. The van der Waals surface area contributed by atoms with Gasteiger partial charge in [-0.3, -0.25) is 4.79 Å². The third kappa shape index (κ3) is 6.64. The zero-order chi connectivity index (χ0) is 24.6. The van der Waals surface area contributed by atoms with Crippen LogP contribution in [0.4, 0.5) is 5.69 Å². The number of hydrogen-bond acceptors (Lipinski definition) is 4. The number of rotatable bonds is 9. The maximum absolute atomic E-state index is 12.9. The highest BCUT2D eigenvalue weighted by atomic mass is 16.5. The zero-order valence-corrected chi connectivity index (χ0v) is 20.2. The highest BCUT2D eigenvalue weighted by Gasteiger charge is 2.12. The van der Waals surface area contributed by atoms with E-state index in [0.717, 1.165) is 33.8 Å². The van der Waals surface area contributed by atoms with Gasteiger partial charge in [0.2, 0.25) is 0 Å². The highest BCUT2D eigenvalue weighted by molar-refractivity contribution is 6.04. The lowest BCUT2D eigenvalue weighted by atomic mass is 10.1. The summed E-state index contributed by atoms with van der Waals surface area (Å²) in [5.41, 5.74) is 5.37. The number of anilines is 1. The number of methoxy groups -OCH3 is 1. The average molecular weight is 468 g/mol. The predicted octanol–water partition coefficient (Wildman–Crippen LogP) is 6.72. The van der Waals surface area contributed by atoms with E-state index in [1.807, 2.05) is 80.6 Å². The molecule has 0 radical (unpaired) electrons. The summed E-state index contributed by atoms with van der Waals surface area (Å²) >= 11 is 0. The van der Waals surface area contributed by atoms with Crippen molar-refractivity contribution in [3.05, 3.63) is 119 Å². The second-order valence-electron chi connectivity index (χ2n) is 8.39. The van der Waals surface area contributed by atoms with Crippen molar-refractivity contribution in [1.29, 1.82) is 0 Å². The van der Waals surface area contributed by atoms with Crippen molar-refractivity contribution < 1.29 is 19.0 Å². The van der Waals surface area contributed by atoms with Crippen LogP contribution in [-0.2, 0) is 13.2 Å². The summed E-state index contributed by atoms with van der Waals surface area (Å²) in [7, 11) is 1.61. The third-order valence-corrected chi connectivity index (χ3v) is 5.49. The van der Waals surface area contributed by atoms with E-state index >= 15 is 0 Å². The molecule has 35 heavy (non-hydrogen) atoms. The number of benzene rings is 4. The van der Waals surface area contributed by atoms with Gasteiger partial charge in [0.15, 0.2) is 0 Å². The summed E-state index contributed by atoms with van der Waals surface area (Å²) in [6.45, 7) is 4.85. The minimum atomic E-state index is -0.210. The molecule has 0 fully saturated rings. The van der Waals surface area contributed by atoms with Crippen LogP contribution in [0.3, 0.4) is 0 Å². The largest absolute Gasteiger partial charge is 0.496 e. The van der Waals surface area contributed by atoms with Crippen LogP contribution in [0.5, 0.6) is 17.2 Å². The first-order valence-corrected chi connectivity index (χ1v) is 11.5. The van der Waals surface area contributed by atoms with E-state index < -0.39 is 0 Å². The van der Waals surface area contributed by atoms with Crippen molar-refractivity contribution in [3.63, 3.8) is 0 Å². The molecule has 0 heterocycles. The van der Waals surface area contributed by atoms with Crippen LogP contribution < -0.4 is 19.5 Å². The Morgan fingerprint density at radius 3 is 2.11 bits per heavy atom. The average Bonchev–Trinajstić information content (AvgIpc) is 2.87. The first-order chi connectivity index (χ1) is 17.0. The van der Waals surface area contributed by atoms with Gasteiger partial charge >= 0.3 is 0 Å². The third-order valence-electron chi connectivity index (χ3n) is 5.49. The Hall–Kier alpha value is -4.25. The van der Waals surface area contributed by atoms with Crippen LogP contribution in [0.15, 0.2) is 91.0 Å². The van der Waals surface area contributed by atoms with Gasteiger partial charge in [-0.25, -0.2) is 0 Å². The Bertz CT molecular complexity index is 1260. The van der Waals surface area contributed by atoms with Crippen molar-refractivity contribution >= 4 is 11.6 Å². The number of aryl methyl sites for hydroxylation is 2. The van der Waals surface area contributed by atoms with E-state index in [1.165, 1.54) is 0 Å². The smallest absolute Gasteiger partial charge is 0.255 e. The molecule has 0 saturated carbocycles. The second-order valence-corrected chi connectivity index (χ2v) is 8.39. The molecule has 0 aliphatic heterocycles. The van der Waals surface area contributed by atoms with Gasteiger partial charge in [-0.05, 0) is 85.1 Å². The minimum Gasteiger partial charge on any atom is -0.496 e. The van der Waals surface area contributed by atoms with E-state index in [-0.39, 0.29) is 5.91 Å². The maximum atomic E-state index is 12.9. The highest BCUT2D eigenvalue weighted by Crippen LogP contribution is 2.24. The summed E-state index contributed by atoms with van der Waals surface area (Å²) in [4.78, 5) is 12.9. The SMILES string of the molecule is COc1ccc(C(=O)Nc2ccc(OCc3ccccc3)cc2)cc1COc1cc(C)cc(C)c1. The molecule has 5 nitrogen and oxygen atoms in total. The standard InChI is InChI=1S/C30H29NO4/c1-21-15-22(2)17-28(16-21)35-20-25-18-24(9-14-29(25)33-3)30(32)31-26-10-12-27(13-11-26)34-19-23-7-5-4-6-8-23/h4-18H,19-20H2,1-3H3,(H,31,32). The fourth-order valence-electron chi connectivity index (χ4n) is 3.79. The van der Waals surface area contributed by atoms with Crippen molar-refractivity contribution in [2.75, 3.05) is 12.4 Å². The van der Waals surface area contributed by atoms with Gasteiger partial charge in [-0.1, -0.05) is 36.4 Å². The van der Waals surface area contributed by atoms with Crippen molar-refractivity contribution in [2.45, 2.75) is 27.1 Å². The van der Waals surface area contributed by atoms with E-state index in [9.17, 15) is 4.79 Å². The Kier molecular flexibility index (Phi) is 7.68. The van der Waals surface area contributed by atoms with Gasteiger partial charge < -0.3 is 19.5 Å². The van der Waals surface area contributed by atoms with Gasteiger partial charge in [0.25, 0.3) is 5.91 Å². The topological polar surface area (TPSA) is 56.8 Å². The molecule has 1 N–H and O–H groups in total. The summed E-state index contributed by atoms with van der Waals surface area (Å²) in [5, 5.41) is 2.94. The Labute approximate surface area is 206 Å². The Morgan fingerprint density at radius 1 is 0.743 bits per heavy atom. The van der Waals surface area contributed by atoms with Gasteiger partial charge in [0.05, 0.1) is 7.11 Å². The summed E-state index contributed by atoms with van der Waals surface area (Å²) < 4.78 is 17.3. The quantitative estimate of drug-likeness (QED) is 0.297. The van der Waals surface area contributed by atoms with Gasteiger partial charge in [0.1, 0.15) is 30.5 Å². The molecule has 0 spiro atoms. The van der Waals surface area contributed by atoms with Crippen LogP contribution in [0.1, 0.15) is 32.6 Å². The molecule has 0 unspecified atom stereocenters. The van der Waals surface area contributed by atoms with Crippen molar-refractivity contribution in [1.82, 2.24) is 0 Å². The van der Waals surface area contributed by atoms with Crippen LogP contribution in [0.2, 0.25) is 0 Å². The molecule has 4 aromatic rings. The summed E-state index contributed by atoms with van der Waals surface area (Å²) in [6, 6.07) is 28.7.